The molecule has 0 spiro atoms. The first kappa shape index (κ1) is 23.1. The van der Waals surface area contributed by atoms with Crippen molar-refractivity contribution in [2.45, 2.75) is 6.92 Å². The molecule has 0 heterocycles. The van der Waals surface area contributed by atoms with Gasteiger partial charge in [0.25, 0.3) is 0 Å². The van der Waals surface area contributed by atoms with E-state index < -0.39 is 0 Å². The van der Waals surface area contributed by atoms with Crippen LogP contribution in [0.2, 0.25) is 0 Å². The fraction of sp³-hybridized carbons (Fsp3) is 0.111. The monoisotopic (exact) mass is 336 g/mol. The number of hydrogen-bond donors (Lipinski definition) is 0. The summed E-state index contributed by atoms with van der Waals surface area (Å²) in [6.07, 6.45) is 13.9. The van der Waals surface area contributed by atoms with Crippen LogP contribution in [0.4, 0.5) is 0 Å². The number of ether oxygens (including phenoxy) is 1. The second-order valence-corrected chi connectivity index (χ2v) is 4.03. The third-order valence-electron chi connectivity index (χ3n) is 2.04. The van der Waals surface area contributed by atoms with Crippen LogP contribution in [-0.2, 0) is 29.6 Å². The Hall–Kier alpha value is -1.21. The zero-order valence-electron chi connectivity index (χ0n) is 12.2. The van der Waals surface area contributed by atoms with E-state index in [1.165, 1.54) is 5.56 Å². The van der Waals surface area contributed by atoms with Gasteiger partial charge in [0.1, 0.15) is 0 Å². The Bertz CT molecular complexity index is 418. The van der Waals surface area contributed by atoms with E-state index >= 15 is 0 Å². The molecule has 3 nitrogen and oxygen atoms in total. The number of benzene rings is 1. The van der Waals surface area contributed by atoms with Crippen LogP contribution in [-0.4, -0.2) is 11.2 Å². The molecule has 0 atom stereocenters. The van der Waals surface area contributed by atoms with Gasteiger partial charge in [0.2, 0.25) is 0 Å². The summed E-state index contributed by atoms with van der Waals surface area (Å²) in [5.74, 6) is 0. The van der Waals surface area contributed by atoms with Gasteiger partial charge in [-0.05, 0) is 32.1 Å². The van der Waals surface area contributed by atoms with Crippen molar-refractivity contribution >= 4 is 10.7 Å². The van der Waals surface area contributed by atoms with Crippen molar-refractivity contribution in [3.05, 3.63) is 87.4 Å². The Morgan fingerprint density at radius 2 is 1.45 bits per heavy atom. The summed E-state index contributed by atoms with van der Waals surface area (Å²) < 4.78 is 21.0. The van der Waals surface area contributed by atoms with Gasteiger partial charge in [0.05, 0.1) is 0 Å². The molecule has 0 amide bonds. The Morgan fingerprint density at radius 3 is 1.86 bits per heavy atom. The predicted octanol–water partition coefficient (Wildman–Crippen LogP) is 3.36. The molecule has 1 aromatic carbocycles. The van der Waals surface area contributed by atoms with Gasteiger partial charge in [-0.3, -0.25) is 0 Å². The van der Waals surface area contributed by atoms with Crippen molar-refractivity contribution in [1.29, 1.82) is 0 Å². The maximum Gasteiger partial charge on any atom is -0.0312 e. The van der Waals surface area contributed by atoms with Crippen LogP contribution in [0.15, 0.2) is 36.4 Å². The molecule has 5 radical (unpaired) electrons. The topological polar surface area (TPSA) is 49.0 Å². The maximum atomic E-state index is 7.50. The molecular formula is C18H17MnO3. The molecule has 114 valence electrons. The zero-order chi connectivity index (χ0) is 17.1. The molecule has 0 aromatic heterocycles. The molecule has 0 saturated heterocycles. The minimum atomic E-state index is 0.680. The SMILES string of the molecule is CCO[C](=[Mn])/C=C/c1ccccc1.[C-]#[O+].[C-]#[O+].[CH]1[CH][CH][CH][CH]1. The molecule has 0 aliphatic heterocycles. The van der Waals surface area contributed by atoms with Gasteiger partial charge in [-0.15, -0.1) is 0 Å². The van der Waals surface area contributed by atoms with Crippen LogP contribution in [0.5, 0.6) is 0 Å². The second-order valence-electron chi connectivity index (χ2n) is 3.44. The van der Waals surface area contributed by atoms with Gasteiger partial charge in [-0.2, -0.15) is 0 Å². The summed E-state index contributed by atoms with van der Waals surface area (Å²) in [6, 6.07) is 10.1. The molecular weight excluding hydrogens is 319 g/mol. The first-order valence-electron chi connectivity index (χ1n) is 6.29. The third-order valence-corrected chi connectivity index (χ3v) is 2.41. The van der Waals surface area contributed by atoms with Gasteiger partial charge in [0.15, 0.2) is 0 Å². The number of rotatable bonds is 4. The average Bonchev–Trinajstić information content (AvgIpc) is 3.18. The summed E-state index contributed by atoms with van der Waals surface area (Å²) >= 11 is 3.30. The molecule has 1 aliphatic rings. The minimum absolute atomic E-state index is 0.680. The largest absolute Gasteiger partial charge is 0.0312 e. The Morgan fingerprint density at radius 1 is 1.00 bits per heavy atom. The third kappa shape index (κ3) is 15.2. The predicted molar refractivity (Wildman–Crippen MR) is 81.5 cm³/mol. The van der Waals surface area contributed by atoms with Crippen molar-refractivity contribution in [1.82, 2.24) is 0 Å². The molecule has 0 bridgehead atoms. The standard InChI is InChI=1S/C11H12O.C5H5.2CO.Mn/c1-2-12-10-6-9-11-7-4-3-5-8-11;1-2-4-5-3-1;2*1-2;/h3-9H,2H2,1H3;1-5H;;;/b9-6+;;;;. The van der Waals surface area contributed by atoms with E-state index in [-0.39, 0.29) is 0 Å². The van der Waals surface area contributed by atoms with Gasteiger partial charge in [-0.1, -0.05) is 0 Å². The first-order chi connectivity index (χ1) is 10.8. The molecule has 1 saturated carbocycles. The van der Waals surface area contributed by atoms with Crippen LogP contribution in [0.25, 0.3) is 6.08 Å². The Kier molecular flexibility index (Phi) is 20.7. The van der Waals surface area contributed by atoms with E-state index in [1.807, 2.05) is 81.5 Å². The molecule has 22 heavy (non-hydrogen) atoms. The molecule has 1 aliphatic carbocycles. The molecule has 2 rings (SSSR count). The first-order valence-corrected chi connectivity index (χ1v) is 6.88. The van der Waals surface area contributed by atoms with E-state index in [0.29, 0.717) is 6.61 Å². The molecule has 0 unspecified atom stereocenters. The normalized spacial score (nSPS) is 11.9. The summed E-state index contributed by atoms with van der Waals surface area (Å²) in [5.41, 5.74) is 1.17. The fourth-order valence-electron chi connectivity index (χ4n) is 1.23. The van der Waals surface area contributed by atoms with Gasteiger partial charge in [0, 0.05) is 0 Å². The second kappa shape index (κ2) is 19.8. The molecule has 1 fully saturated rings. The van der Waals surface area contributed by atoms with E-state index in [4.69, 9.17) is 14.0 Å². The van der Waals surface area contributed by atoms with Gasteiger partial charge < -0.3 is 0 Å². The molecule has 4 heteroatoms. The van der Waals surface area contributed by atoms with Crippen LogP contribution in [0.1, 0.15) is 12.5 Å². The summed E-state index contributed by atoms with van der Waals surface area (Å²) in [4.78, 5) is 0. The Balaban J connectivity index is 0. The van der Waals surface area contributed by atoms with E-state index in [1.54, 1.807) is 0 Å². The molecule has 1 aromatic rings. The number of hydrogen-bond acceptors (Lipinski definition) is 1. The Labute approximate surface area is 141 Å². The van der Waals surface area contributed by atoms with Gasteiger partial charge >= 0.3 is 109 Å². The summed E-state index contributed by atoms with van der Waals surface area (Å²) in [5, 5.41) is 0. The van der Waals surface area contributed by atoms with E-state index in [9.17, 15) is 0 Å². The van der Waals surface area contributed by atoms with Crippen molar-refractivity contribution < 1.29 is 29.6 Å². The van der Waals surface area contributed by atoms with Crippen LogP contribution in [0, 0.1) is 45.4 Å². The smallest absolute Gasteiger partial charge is 0.0312 e. The van der Waals surface area contributed by atoms with Crippen LogP contribution < -0.4 is 0 Å². The van der Waals surface area contributed by atoms with Crippen molar-refractivity contribution in [3.63, 3.8) is 0 Å². The minimum Gasteiger partial charge on any atom is -0.0312 e. The van der Waals surface area contributed by atoms with Crippen molar-refractivity contribution in [2.75, 3.05) is 6.61 Å². The van der Waals surface area contributed by atoms with E-state index in [2.05, 4.69) is 28.9 Å². The maximum absolute atomic E-state index is 7.50. The van der Waals surface area contributed by atoms with Crippen molar-refractivity contribution in [2.24, 2.45) is 0 Å². The quantitative estimate of drug-likeness (QED) is 0.472. The van der Waals surface area contributed by atoms with Gasteiger partial charge in [-0.25, -0.2) is 0 Å². The van der Waals surface area contributed by atoms with E-state index in [0.717, 1.165) is 4.60 Å². The summed E-state index contributed by atoms with van der Waals surface area (Å²) in [6.45, 7) is 11.6. The van der Waals surface area contributed by atoms with Crippen LogP contribution >= 0.6 is 0 Å². The average molecular weight is 336 g/mol. The molecule has 0 N–H and O–H groups in total. The van der Waals surface area contributed by atoms with Crippen molar-refractivity contribution in [3.8, 4) is 0 Å². The summed E-state index contributed by atoms with van der Waals surface area (Å²) in [7, 11) is 0. The fourth-order valence-corrected chi connectivity index (χ4v) is 1.50. The zero-order valence-corrected chi connectivity index (χ0v) is 13.4. The van der Waals surface area contributed by atoms with Crippen LogP contribution in [0.3, 0.4) is 0 Å².